The first-order chi connectivity index (χ1) is 11.1. The zero-order valence-electron chi connectivity index (χ0n) is 13.4. The summed E-state index contributed by atoms with van der Waals surface area (Å²) in [6, 6.07) is 1.36. The Bertz CT molecular complexity index is 578. The van der Waals surface area contributed by atoms with Crippen LogP contribution in [0.5, 0.6) is 0 Å². The number of rotatable bonds is 5. The molecule has 1 spiro atoms. The fourth-order valence-electron chi connectivity index (χ4n) is 3.59. The molecule has 1 aliphatic heterocycles. The molecule has 0 aromatic carbocycles. The van der Waals surface area contributed by atoms with Crippen LogP contribution in [0.4, 0.5) is 4.79 Å². The van der Waals surface area contributed by atoms with Gasteiger partial charge in [0.2, 0.25) is 0 Å². The fourth-order valence-corrected chi connectivity index (χ4v) is 3.59. The van der Waals surface area contributed by atoms with Crippen molar-refractivity contribution in [1.82, 2.24) is 15.8 Å². The summed E-state index contributed by atoms with van der Waals surface area (Å²) < 4.78 is 9.88. The number of aromatic nitrogens is 1. The summed E-state index contributed by atoms with van der Waals surface area (Å²) >= 11 is 0. The number of nitrogens with one attached hydrogen (secondary N) is 2. The highest BCUT2D eigenvalue weighted by Gasteiger charge is 2.44. The van der Waals surface area contributed by atoms with Gasteiger partial charge >= 0.3 is 6.09 Å². The molecule has 0 unspecified atom stereocenters. The molecule has 1 saturated carbocycles. The normalized spacial score (nSPS) is 19.2. The first-order valence-electron chi connectivity index (χ1n) is 7.93. The Balaban J connectivity index is 0.00000208. The van der Waals surface area contributed by atoms with Crippen LogP contribution in [0.3, 0.4) is 0 Å². The fraction of sp³-hybridized carbons (Fsp3) is 0.667. The molecule has 2 fully saturated rings. The number of amides is 2. The largest absolute Gasteiger partial charge is 0.441 e. The Hall–Kier alpha value is -1.80. The Morgan fingerprint density at radius 1 is 1.42 bits per heavy atom. The average Bonchev–Trinajstić information content (AvgIpc) is 2.99. The predicted molar refractivity (Wildman–Crippen MR) is 87.7 cm³/mol. The number of alkyl carbamates (subject to hydrolysis) is 1. The molecular weight excluding hydrogens is 336 g/mol. The molecule has 1 aromatic heterocycles. The quantitative estimate of drug-likeness (QED) is 0.727. The Labute approximate surface area is 146 Å². The number of primary amides is 1. The van der Waals surface area contributed by atoms with Crippen molar-refractivity contribution in [3.63, 3.8) is 0 Å². The van der Waals surface area contributed by atoms with E-state index in [9.17, 15) is 9.59 Å². The molecule has 2 aliphatic rings. The molecule has 4 N–H and O–H groups in total. The van der Waals surface area contributed by atoms with Crippen LogP contribution in [0.25, 0.3) is 0 Å². The van der Waals surface area contributed by atoms with Gasteiger partial charge in [0.1, 0.15) is 0 Å². The van der Waals surface area contributed by atoms with Crippen LogP contribution in [-0.4, -0.2) is 36.8 Å². The second kappa shape index (κ2) is 7.85. The van der Waals surface area contributed by atoms with E-state index in [1.54, 1.807) is 0 Å². The van der Waals surface area contributed by atoms with E-state index < -0.39 is 12.0 Å². The molecule has 1 aromatic rings. The van der Waals surface area contributed by atoms with E-state index in [0.29, 0.717) is 17.9 Å². The van der Waals surface area contributed by atoms with Gasteiger partial charge in [0.25, 0.3) is 5.91 Å². The van der Waals surface area contributed by atoms with Crippen LogP contribution in [0.15, 0.2) is 10.6 Å². The van der Waals surface area contributed by atoms with Crippen LogP contribution in [0, 0.1) is 11.3 Å². The van der Waals surface area contributed by atoms with Crippen molar-refractivity contribution in [1.29, 1.82) is 0 Å². The maximum atomic E-state index is 11.7. The Morgan fingerprint density at radius 3 is 2.75 bits per heavy atom. The molecule has 24 heavy (non-hydrogen) atoms. The van der Waals surface area contributed by atoms with E-state index in [4.69, 9.17) is 15.0 Å². The lowest BCUT2D eigenvalue weighted by Crippen LogP contribution is -2.48. The molecule has 2 heterocycles. The molecule has 9 heteroatoms. The smallest absolute Gasteiger partial charge is 0.407 e. The van der Waals surface area contributed by atoms with Gasteiger partial charge in [0.15, 0.2) is 18.1 Å². The van der Waals surface area contributed by atoms with Crippen LogP contribution in [-0.2, 0) is 11.3 Å². The third-order valence-corrected chi connectivity index (χ3v) is 4.80. The standard InChI is InChI=1S/C15H22N4O4.ClH/c16-13(20)12-5-11(23-19-12)9-22-14(21)18-8-10-6-15(7-10)1-3-17-4-2-15;/h5,10,17H,1-4,6-9H2,(H2,16,20)(H,18,21);1H. The van der Waals surface area contributed by atoms with Gasteiger partial charge in [-0.05, 0) is 50.1 Å². The van der Waals surface area contributed by atoms with Gasteiger partial charge in [-0.1, -0.05) is 5.16 Å². The number of ether oxygens (including phenoxy) is 1. The van der Waals surface area contributed by atoms with Gasteiger partial charge in [-0.2, -0.15) is 0 Å². The zero-order valence-corrected chi connectivity index (χ0v) is 14.2. The highest BCUT2D eigenvalue weighted by molar-refractivity contribution is 5.90. The molecule has 0 bridgehead atoms. The molecular formula is C15H23ClN4O4. The van der Waals surface area contributed by atoms with E-state index in [1.807, 2.05) is 0 Å². The molecule has 134 valence electrons. The minimum absolute atomic E-state index is 0. The monoisotopic (exact) mass is 358 g/mol. The van der Waals surface area contributed by atoms with E-state index >= 15 is 0 Å². The minimum atomic E-state index is -0.679. The predicted octanol–water partition coefficient (Wildman–Crippen LogP) is 1.20. The van der Waals surface area contributed by atoms with Gasteiger partial charge in [-0.3, -0.25) is 4.79 Å². The molecule has 3 rings (SSSR count). The van der Waals surface area contributed by atoms with E-state index in [0.717, 1.165) is 13.1 Å². The van der Waals surface area contributed by atoms with E-state index in [2.05, 4.69) is 15.8 Å². The summed E-state index contributed by atoms with van der Waals surface area (Å²) in [6.45, 7) is 2.77. The maximum absolute atomic E-state index is 11.7. The second-order valence-corrected chi connectivity index (χ2v) is 6.52. The van der Waals surface area contributed by atoms with Crippen molar-refractivity contribution >= 4 is 24.4 Å². The van der Waals surface area contributed by atoms with Gasteiger partial charge in [-0.25, -0.2) is 4.79 Å². The lowest BCUT2D eigenvalue weighted by atomic mass is 9.58. The summed E-state index contributed by atoms with van der Waals surface area (Å²) in [5, 5.41) is 9.63. The van der Waals surface area contributed by atoms with Gasteiger partial charge < -0.3 is 25.6 Å². The maximum Gasteiger partial charge on any atom is 0.407 e. The van der Waals surface area contributed by atoms with Crippen molar-refractivity contribution in [2.45, 2.75) is 32.3 Å². The summed E-state index contributed by atoms with van der Waals surface area (Å²) in [5.74, 6) is 0.139. The lowest BCUT2D eigenvalue weighted by Gasteiger charge is -2.50. The first-order valence-corrected chi connectivity index (χ1v) is 7.93. The van der Waals surface area contributed by atoms with Crippen molar-refractivity contribution < 1.29 is 18.8 Å². The number of hydrogen-bond donors (Lipinski definition) is 3. The number of carbonyl (C=O) groups is 2. The Kier molecular flexibility index (Phi) is 6.06. The first kappa shape index (κ1) is 18.5. The van der Waals surface area contributed by atoms with Gasteiger partial charge in [-0.15, -0.1) is 12.4 Å². The van der Waals surface area contributed by atoms with Gasteiger partial charge in [0, 0.05) is 12.6 Å². The summed E-state index contributed by atoms with van der Waals surface area (Å²) in [7, 11) is 0. The summed E-state index contributed by atoms with van der Waals surface area (Å²) in [6.07, 6.45) is 4.34. The third kappa shape index (κ3) is 4.39. The zero-order chi connectivity index (χ0) is 16.3. The molecule has 0 atom stereocenters. The van der Waals surface area contributed by atoms with Crippen molar-refractivity contribution in [3.8, 4) is 0 Å². The van der Waals surface area contributed by atoms with Crippen molar-refractivity contribution in [2.75, 3.05) is 19.6 Å². The summed E-state index contributed by atoms with van der Waals surface area (Å²) in [5.41, 5.74) is 5.58. The number of hydrogen-bond acceptors (Lipinski definition) is 6. The van der Waals surface area contributed by atoms with E-state index in [1.165, 1.54) is 31.7 Å². The molecule has 1 aliphatic carbocycles. The number of piperidine rings is 1. The SMILES string of the molecule is Cl.NC(=O)c1cc(COC(=O)NCC2CC3(CCNCC3)C2)on1. The summed E-state index contributed by atoms with van der Waals surface area (Å²) in [4.78, 5) is 22.5. The average molecular weight is 359 g/mol. The van der Waals surface area contributed by atoms with Crippen molar-refractivity contribution in [2.24, 2.45) is 17.1 Å². The number of carbonyl (C=O) groups excluding carboxylic acids is 2. The highest BCUT2D eigenvalue weighted by Crippen LogP contribution is 2.51. The third-order valence-electron chi connectivity index (χ3n) is 4.80. The van der Waals surface area contributed by atoms with Crippen LogP contribution >= 0.6 is 12.4 Å². The van der Waals surface area contributed by atoms with Crippen molar-refractivity contribution in [3.05, 3.63) is 17.5 Å². The minimum Gasteiger partial charge on any atom is -0.441 e. The van der Waals surface area contributed by atoms with Crippen LogP contribution in [0.1, 0.15) is 41.9 Å². The van der Waals surface area contributed by atoms with Crippen LogP contribution in [0.2, 0.25) is 0 Å². The van der Waals surface area contributed by atoms with Gasteiger partial charge in [0.05, 0.1) is 0 Å². The molecule has 1 saturated heterocycles. The number of halogens is 1. The molecule has 0 radical (unpaired) electrons. The second-order valence-electron chi connectivity index (χ2n) is 6.52. The van der Waals surface area contributed by atoms with Crippen LogP contribution < -0.4 is 16.4 Å². The molecule has 2 amide bonds. The number of nitrogens with two attached hydrogens (primary N) is 1. The highest BCUT2D eigenvalue weighted by atomic mass is 35.5. The lowest BCUT2D eigenvalue weighted by molar-refractivity contribution is 0.0212. The molecule has 8 nitrogen and oxygen atoms in total. The number of nitrogens with zero attached hydrogens (tertiary/aromatic N) is 1. The van der Waals surface area contributed by atoms with E-state index in [-0.39, 0.29) is 30.5 Å². The topological polar surface area (TPSA) is 119 Å². The Morgan fingerprint density at radius 2 is 2.12 bits per heavy atom.